The first-order valence-electron chi connectivity index (χ1n) is 33.8. The van der Waals surface area contributed by atoms with E-state index < -0.39 is 49.5 Å². The van der Waals surface area contributed by atoms with Crippen molar-refractivity contribution in [2.45, 2.75) is 365 Å². The van der Waals surface area contributed by atoms with Gasteiger partial charge in [0.15, 0.2) is 6.29 Å². The van der Waals surface area contributed by atoms with Crippen LogP contribution in [0.4, 0.5) is 0 Å². The molecule has 0 saturated carbocycles. The lowest BCUT2D eigenvalue weighted by molar-refractivity contribution is -0.302. The molecule has 1 amide bonds. The Morgan fingerprint density at radius 2 is 0.823 bits per heavy atom. The van der Waals surface area contributed by atoms with Gasteiger partial charge >= 0.3 is 5.97 Å². The summed E-state index contributed by atoms with van der Waals surface area (Å²) in [6, 6.07) is -0.833. The molecule has 0 spiro atoms. The molecule has 1 aliphatic rings. The predicted molar refractivity (Wildman–Crippen MR) is 329 cm³/mol. The largest absolute Gasteiger partial charge is 0.466 e. The van der Waals surface area contributed by atoms with E-state index in [9.17, 15) is 35.1 Å². The smallest absolute Gasteiger partial charge is 0.305 e. The summed E-state index contributed by atoms with van der Waals surface area (Å²) in [4.78, 5) is 25.1. The normalized spacial score (nSPS) is 18.6. The van der Waals surface area contributed by atoms with Gasteiger partial charge in [-0.05, 0) is 57.8 Å². The summed E-state index contributed by atoms with van der Waals surface area (Å²) < 4.78 is 16.7. The quantitative estimate of drug-likeness (QED) is 0.0195. The van der Waals surface area contributed by atoms with Crippen molar-refractivity contribution in [1.29, 1.82) is 0 Å². The molecule has 1 fully saturated rings. The van der Waals surface area contributed by atoms with Crippen LogP contribution >= 0.6 is 0 Å². The third kappa shape index (κ3) is 47.0. The van der Waals surface area contributed by atoms with E-state index in [1.165, 1.54) is 225 Å². The molecule has 0 aromatic heterocycles. The second kappa shape index (κ2) is 57.7. The number of amides is 1. The van der Waals surface area contributed by atoms with E-state index in [-0.39, 0.29) is 18.5 Å². The number of hydrogen-bond donors (Lipinski definition) is 6. The van der Waals surface area contributed by atoms with E-state index in [0.29, 0.717) is 19.4 Å². The number of aliphatic hydroxyl groups excluding tert-OH is 5. The second-order valence-electron chi connectivity index (χ2n) is 23.5. The molecule has 1 saturated heterocycles. The summed E-state index contributed by atoms with van der Waals surface area (Å²) in [5.41, 5.74) is 0. The molecular weight excluding hydrogens is 991 g/mol. The molecule has 464 valence electrons. The Balaban J connectivity index is 2.02. The standard InChI is InChI=1S/C68H127NO10/c1-3-5-7-9-11-13-15-16-31-35-38-42-46-50-54-61(71)60(59-78-68-67(76)66(75)65(74)62(58-70)79-68)69-63(72)55-51-47-43-39-36-32-29-27-25-23-21-19-17-18-20-22-24-26-28-30-33-37-41-45-49-53-57-77-64(73)56-52-48-44-40-34-14-12-10-8-6-4-2/h13,15,35,38,50,54,60-62,65-68,70-71,74-76H,3-12,14,16-34,36-37,39-49,51-53,55-59H2,1-2H3,(H,69,72)/b15-13+,38-35+,54-50+. The highest BCUT2D eigenvalue weighted by molar-refractivity contribution is 5.76. The summed E-state index contributed by atoms with van der Waals surface area (Å²) >= 11 is 0. The number of esters is 1. The van der Waals surface area contributed by atoms with Gasteiger partial charge in [-0.25, -0.2) is 0 Å². The average molecular weight is 1120 g/mol. The van der Waals surface area contributed by atoms with Crippen LogP contribution < -0.4 is 5.32 Å². The number of unbranched alkanes of at least 4 members (excludes halogenated alkanes) is 41. The third-order valence-corrected chi connectivity index (χ3v) is 16.0. The minimum Gasteiger partial charge on any atom is -0.466 e. The van der Waals surface area contributed by atoms with Crippen molar-refractivity contribution < 1.29 is 49.3 Å². The van der Waals surface area contributed by atoms with E-state index >= 15 is 0 Å². The summed E-state index contributed by atoms with van der Waals surface area (Å²) in [7, 11) is 0. The minimum absolute atomic E-state index is 0.00654. The zero-order chi connectivity index (χ0) is 57.3. The Hall–Kier alpha value is -2.12. The maximum absolute atomic E-state index is 13.1. The van der Waals surface area contributed by atoms with Crippen LogP contribution in [0, 0.1) is 0 Å². The molecule has 1 heterocycles. The molecule has 0 radical (unpaired) electrons. The maximum Gasteiger partial charge on any atom is 0.305 e. The van der Waals surface area contributed by atoms with Gasteiger partial charge in [0, 0.05) is 12.8 Å². The fourth-order valence-corrected chi connectivity index (χ4v) is 10.6. The Morgan fingerprint density at radius 3 is 1.25 bits per heavy atom. The molecule has 0 aromatic rings. The first-order valence-corrected chi connectivity index (χ1v) is 33.8. The fourth-order valence-electron chi connectivity index (χ4n) is 10.6. The molecule has 11 nitrogen and oxygen atoms in total. The summed E-state index contributed by atoms with van der Waals surface area (Å²) in [6.45, 7) is 4.33. The molecule has 7 unspecified atom stereocenters. The lowest BCUT2D eigenvalue weighted by atomic mass is 9.99. The van der Waals surface area contributed by atoms with Crippen molar-refractivity contribution in [3.8, 4) is 0 Å². The van der Waals surface area contributed by atoms with Crippen molar-refractivity contribution in [3.05, 3.63) is 36.5 Å². The van der Waals surface area contributed by atoms with Gasteiger partial charge in [-0.2, -0.15) is 0 Å². The second-order valence-corrected chi connectivity index (χ2v) is 23.5. The zero-order valence-corrected chi connectivity index (χ0v) is 51.3. The number of hydrogen-bond acceptors (Lipinski definition) is 10. The summed E-state index contributed by atoms with van der Waals surface area (Å²) in [5, 5.41) is 54.4. The molecule has 11 heteroatoms. The molecule has 79 heavy (non-hydrogen) atoms. The first-order chi connectivity index (χ1) is 38.7. The van der Waals surface area contributed by atoms with Crippen LogP contribution in [0.15, 0.2) is 36.5 Å². The molecule has 1 aliphatic heterocycles. The van der Waals surface area contributed by atoms with Crippen LogP contribution in [0.1, 0.15) is 322 Å². The van der Waals surface area contributed by atoms with Gasteiger partial charge in [-0.15, -0.1) is 0 Å². The molecule has 7 atom stereocenters. The number of rotatable bonds is 59. The molecule has 1 rings (SSSR count). The first kappa shape index (κ1) is 74.9. The Kier molecular flexibility index (Phi) is 54.7. The van der Waals surface area contributed by atoms with Crippen molar-refractivity contribution in [1.82, 2.24) is 5.32 Å². The van der Waals surface area contributed by atoms with Crippen LogP contribution in [0.25, 0.3) is 0 Å². The highest BCUT2D eigenvalue weighted by Crippen LogP contribution is 2.23. The zero-order valence-electron chi connectivity index (χ0n) is 51.3. The Labute approximate surface area is 485 Å². The van der Waals surface area contributed by atoms with Gasteiger partial charge < -0.3 is 45.1 Å². The number of carbonyl (C=O) groups excluding carboxylic acids is 2. The van der Waals surface area contributed by atoms with Crippen molar-refractivity contribution >= 4 is 11.9 Å². The minimum atomic E-state index is -1.58. The number of aliphatic hydroxyl groups is 5. The molecule has 0 aromatic carbocycles. The summed E-state index contributed by atoms with van der Waals surface area (Å²) in [6.07, 6.45) is 62.6. The van der Waals surface area contributed by atoms with Crippen molar-refractivity contribution in [3.63, 3.8) is 0 Å². The maximum atomic E-state index is 13.1. The average Bonchev–Trinajstić information content (AvgIpc) is 3.50. The topological polar surface area (TPSA) is 175 Å². The number of ether oxygens (including phenoxy) is 3. The molecular formula is C68H127NO10. The van der Waals surface area contributed by atoms with Crippen molar-refractivity contribution in [2.24, 2.45) is 0 Å². The van der Waals surface area contributed by atoms with Crippen LogP contribution in [0.3, 0.4) is 0 Å². The lowest BCUT2D eigenvalue weighted by Gasteiger charge is -2.40. The van der Waals surface area contributed by atoms with E-state index in [1.807, 2.05) is 6.08 Å². The van der Waals surface area contributed by atoms with Crippen LogP contribution in [-0.4, -0.2) is 100 Å². The number of allylic oxidation sites excluding steroid dienone is 5. The number of nitrogens with one attached hydrogen (secondary N) is 1. The molecule has 0 aliphatic carbocycles. The van der Waals surface area contributed by atoms with Crippen LogP contribution in [0.2, 0.25) is 0 Å². The van der Waals surface area contributed by atoms with E-state index in [1.54, 1.807) is 6.08 Å². The lowest BCUT2D eigenvalue weighted by Crippen LogP contribution is -2.60. The summed E-state index contributed by atoms with van der Waals surface area (Å²) in [5.74, 6) is -0.187. The van der Waals surface area contributed by atoms with Crippen molar-refractivity contribution in [2.75, 3.05) is 19.8 Å². The van der Waals surface area contributed by atoms with E-state index in [2.05, 4.69) is 43.5 Å². The molecule has 6 N–H and O–H groups in total. The van der Waals surface area contributed by atoms with Gasteiger partial charge in [0.25, 0.3) is 0 Å². The van der Waals surface area contributed by atoms with Gasteiger partial charge in [-0.1, -0.05) is 288 Å². The van der Waals surface area contributed by atoms with Gasteiger partial charge in [0.1, 0.15) is 24.4 Å². The fraction of sp³-hybridized carbons (Fsp3) is 0.882. The highest BCUT2D eigenvalue weighted by atomic mass is 16.7. The van der Waals surface area contributed by atoms with Gasteiger partial charge in [-0.3, -0.25) is 9.59 Å². The van der Waals surface area contributed by atoms with Crippen LogP contribution in [0.5, 0.6) is 0 Å². The van der Waals surface area contributed by atoms with Crippen LogP contribution in [-0.2, 0) is 23.8 Å². The Bertz CT molecular complexity index is 1410. The molecule has 0 bridgehead atoms. The Morgan fingerprint density at radius 1 is 0.456 bits per heavy atom. The van der Waals surface area contributed by atoms with E-state index in [4.69, 9.17) is 14.2 Å². The third-order valence-electron chi connectivity index (χ3n) is 16.0. The van der Waals surface area contributed by atoms with Gasteiger partial charge in [0.2, 0.25) is 5.91 Å². The SMILES string of the molecule is CCCCCC/C=C/CC/C=C/CC/C=C/C(O)C(COC1OC(CO)C(O)C(O)C1O)NC(=O)CCCCCCCCCCCCCCCCCCCCCCCCCCCCOC(=O)CCCCCCCCCCCCC. The number of carbonyl (C=O) groups is 2. The van der Waals surface area contributed by atoms with E-state index in [0.717, 1.165) is 70.6 Å². The predicted octanol–water partition coefficient (Wildman–Crippen LogP) is 16.6. The van der Waals surface area contributed by atoms with Gasteiger partial charge in [0.05, 0.1) is 32.0 Å². The highest BCUT2D eigenvalue weighted by Gasteiger charge is 2.44. The monoisotopic (exact) mass is 1120 g/mol.